The number of nitrogens with one attached hydrogen (secondary N) is 2. The number of benzene rings is 4. The first-order valence-corrected chi connectivity index (χ1v) is 14.2. The van der Waals surface area contributed by atoms with Gasteiger partial charge >= 0.3 is 0 Å². The molecule has 222 valence electrons. The van der Waals surface area contributed by atoms with Crippen LogP contribution in [0.3, 0.4) is 0 Å². The van der Waals surface area contributed by atoms with Crippen LogP contribution in [0.15, 0.2) is 108 Å². The molecule has 0 radical (unpaired) electrons. The smallest absolute Gasteiger partial charge is 0.271 e. The van der Waals surface area contributed by atoms with Crippen molar-refractivity contribution in [2.24, 2.45) is 5.10 Å². The molecule has 0 aromatic heterocycles. The first kappa shape index (κ1) is 30.8. The lowest BCUT2D eigenvalue weighted by atomic mass is 10.1. The van der Waals surface area contributed by atoms with E-state index in [4.69, 9.17) is 14.7 Å². The molecule has 3 N–H and O–H groups in total. The van der Waals surface area contributed by atoms with Crippen LogP contribution in [0.2, 0.25) is 0 Å². The summed E-state index contributed by atoms with van der Waals surface area (Å²) in [6.07, 6.45) is 5.15. The fourth-order valence-corrected chi connectivity index (χ4v) is 4.45. The fraction of sp³-hybridized carbons (Fsp3) is 0.206. The third-order valence-electron chi connectivity index (χ3n) is 6.67. The van der Waals surface area contributed by atoms with Gasteiger partial charge in [0.2, 0.25) is 5.91 Å². The molecule has 9 heteroatoms. The van der Waals surface area contributed by atoms with Gasteiger partial charge in [0.05, 0.1) is 19.9 Å². The van der Waals surface area contributed by atoms with Crippen LogP contribution in [0.1, 0.15) is 48.0 Å². The molecular weight excluding hydrogens is 544 g/mol. The van der Waals surface area contributed by atoms with E-state index in [2.05, 4.69) is 39.7 Å². The number of amides is 2. The number of hydrogen-bond donors (Lipinski definition) is 3. The highest BCUT2D eigenvalue weighted by molar-refractivity contribution is 5.95. The molecule has 0 unspecified atom stereocenters. The van der Waals surface area contributed by atoms with Gasteiger partial charge in [0.1, 0.15) is 0 Å². The molecule has 43 heavy (non-hydrogen) atoms. The van der Waals surface area contributed by atoms with Crippen molar-refractivity contribution >= 4 is 35.1 Å². The van der Waals surface area contributed by atoms with E-state index in [1.165, 1.54) is 7.11 Å². The van der Waals surface area contributed by atoms with Crippen molar-refractivity contribution in [3.05, 3.63) is 114 Å². The molecule has 4 aromatic rings. The highest BCUT2D eigenvalue weighted by Gasteiger charge is 2.13. The summed E-state index contributed by atoms with van der Waals surface area (Å²) in [5.74, 6) is 0.249. The predicted octanol–water partition coefficient (Wildman–Crippen LogP) is 6.76. The SMILES string of the molecule is COc1cc(C(=O)N/N=C/c2ccc(N(c3ccccc3)c3ccccc3)cc2)ccc1OCCCCCCC(=O)NO. The Labute approximate surface area is 251 Å². The van der Waals surface area contributed by atoms with Gasteiger partial charge in [-0.1, -0.05) is 61.4 Å². The van der Waals surface area contributed by atoms with E-state index < -0.39 is 0 Å². The highest BCUT2D eigenvalue weighted by Crippen LogP contribution is 2.34. The molecular formula is C34H36N4O5. The monoisotopic (exact) mass is 580 g/mol. The summed E-state index contributed by atoms with van der Waals surface area (Å²) < 4.78 is 11.2. The lowest BCUT2D eigenvalue weighted by molar-refractivity contribution is -0.129. The van der Waals surface area contributed by atoms with Crippen LogP contribution in [0.25, 0.3) is 0 Å². The van der Waals surface area contributed by atoms with Crippen LogP contribution in [-0.2, 0) is 4.79 Å². The number of methoxy groups -OCH3 is 1. The molecule has 0 fully saturated rings. The van der Waals surface area contributed by atoms with Gasteiger partial charge in [0, 0.05) is 29.0 Å². The molecule has 0 aliphatic rings. The second-order valence-corrected chi connectivity index (χ2v) is 9.71. The van der Waals surface area contributed by atoms with Gasteiger partial charge in [-0.05, 0) is 73.0 Å². The molecule has 0 bridgehead atoms. The van der Waals surface area contributed by atoms with Crippen LogP contribution >= 0.6 is 0 Å². The zero-order valence-electron chi connectivity index (χ0n) is 24.1. The van der Waals surface area contributed by atoms with Crippen molar-refractivity contribution < 1.29 is 24.3 Å². The molecule has 0 atom stereocenters. The van der Waals surface area contributed by atoms with Crippen LogP contribution < -0.4 is 25.3 Å². The van der Waals surface area contributed by atoms with E-state index in [0.29, 0.717) is 36.5 Å². The standard InChI is InChI=1S/C34H36N4O5/c1-42-32-24-27(19-22-31(32)43-23-11-3-2-10-16-33(39)37-41)34(40)36-35-25-26-17-20-30(21-18-26)38(28-12-6-4-7-13-28)29-14-8-5-9-15-29/h4-9,12-15,17-22,24-25,41H,2-3,10-11,16,23H2,1H3,(H,36,40)(H,37,39)/b35-25+. The Morgan fingerprint density at radius 2 is 1.42 bits per heavy atom. The number of rotatable bonds is 15. The Balaban J connectivity index is 1.31. The number of carbonyl (C=O) groups is 2. The maximum atomic E-state index is 12.7. The Kier molecular flexibility index (Phi) is 11.7. The van der Waals surface area contributed by atoms with Crippen molar-refractivity contribution in [2.75, 3.05) is 18.6 Å². The van der Waals surface area contributed by atoms with Gasteiger partial charge in [0.25, 0.3) is 5.91 Å². The molecule has 0 saturated carbocycles. The zero-order chi connectivity index (χ0) is 30.3. The van der Waals surface area contributed by atoms with E-state index in [-0.39, 0.29) is 11.8 Å². The molecule has 2 amide bonds. The fourth-order valence-electron chi connectivity index (χ4n) is 4.45. The minimum Gasteiger partial charge on any atom is -0.493 e. The largest absolute Gasteiger partial charge is 0.493 e. The number of hydroxylamine groups is 1. The summed E-state index contributed by atoms with van der Waals surface area (Å²) in [7, 11) is 1.52. The van der Waals surface area contributed by atoms with Gasteiger partial charge in [-0.15, -0.1) is 0 Å². The second kappa shape index (κ2) is 16.3. The van der Waals surface area contributed by atoms with Gasteiger partial charge in [-0.25, -0.2) is 10.9 Å². The van der Waals surface area contributed by atoms with Crippen molar-refractivity contribution in [3.8, 4) is 11.5 Å². The van der Waals surface area contributed by atoms with Gasteiger partial charge in [0.15, 0.2) is 11.5 Å². The first-order valence-electron chi connectivity index (χ1n) is 14.2. The van der Waals surface area contributed by atoms with E-state index in [9.17, 15) is 9.59 Å². The predicted molar refractivity (Wildman–Crippen MR) is 168 cm³/mol. The van der Waals surface area contributed by atoms with Crippen molar-refractivity contribution in [1.29, 1.82) is 0 Å². The molecule has 9 nitrogen and oxygen atoms in total. The summed E-state index contributed by atoms with van der Waals surface area (Å²) >= 11 is 0. The van der Waals surface area contributed by atoms with Crippen LogP contribution in [-0.4, -0.2) is 37.0 Å². The van der Waals surface area contributed by atoms with Gasteiger partial charge < -0.3 is 14.4 Å². The Morgan fingerprint density at radius 1 is 0.791 bits per heavy atom. The van der Waals surface area contributed by atoms with Crippen LogP contribution in [0.5, 0.6) is 11.5 Å². The van der Waals surface area contributed by atoms with Crippen molar-refractivity contribution in [1.82, 2.24) is 10.9 Å². The van der Waals surface area contributed by atoms with Crippen LogP contribution in [0, 0.1) is 0 Å². The number of anilines is 3. The third kappa shape index (κ3) is 9.17. The minimum atomic E-state index is -0.375. The number of hydrogen-bond acceptors (Lipinski definition) is 7. The molecule has 0 saturated heterocycles. The maximum Gasteiger partial charge on any atom is 0.271 e. The number of hydrazone groups is 1. The van der Waals surface area contributed by atoms with Crippen molar-refractivity contribution in [3.63, 3.8) is 0 Å². The lowest BCUT2D eigenvalue weighted by Crippen LogP contribution is -2.17. The highest BCUT2D eigenvalue weighted by atomic mass is 16.5. The number of para-hydroxylation sites is 2. The van der Waals surface area contributed by atoms with Gasteiger partial charge in [-0.2, -0.15) is 5.10 Å². The summed E-state index contributed by atoms with van der Waals surface area (Å²) in [5.41, 5.74) is 8.53. The number of carbonyl (C=O) groups excluding carboxylic acids is 2. The average molecular weight is 581 g/mol. The Bertz CT molecular complexity index is 1440. The molecule has 4 aromatic carbocycles. The second-order valence-electron chi connectivity index (χ2n) is 9.71. The average Bonchev–Trinajstić information content (AvgIpc) is 3.06. The van der Waals surface area contributed by atoms with E-state index in [1.54, 1.807) is 29.9 Å². The minimum absolute atomic E-state index is 0.299. The first-order chi connectivity index (χ1) is 21.1. The molecule has 4 rings (SSSR count). The number of ether oxygens (including phenoxy) is 2. The summed E-state index contributed by atoms with van der Waals surface area (Å²) in [4.78, 5) is 25.9. The summed E-state index contributed by atoms with van der Waals surface area (Å²) in [6.45, 7) is 0.478. The lowest BCUT2D eigenvalue weighted by Gasteiger charge is -2.25. The molecule has 0 aliphatic carbocycles. The molecule has 0 heterocycles. The Hall–Kier alpha value is -5.15. The topological polar surface area (TPSA) is 112 Å². The van der Waals surface area contributed by atoms with E-state index in [1.807, 2.05) is 60.7 Å². The summed E-state index contributed by atoms with van der Waals surface area (Å²) in [6, 6.07) is 33.2. The van der Waals surface area contributed by atoms with Crippen LogP contribution in [0.4, 0.5) is 17.1 Å². The maximum absolute atomic E-state index is 12.7. The zero-order valence-corrected chi connectivity index (χ0v) is 24.1. The van der Waals surface area contributed by atoms with Crippen molar-refractivity contribution in [2.45, 2.75) is 32.1 Å². The van der Waals surface area contributed by atoms with E-state index in [0.717, 1.165) is 41.9 Å². The molecule has 0 spiro atoms. The number of unbranched alkanes of at least 4 members (excludes halogenated alkanes) is 3. The quantitative estimate of drug-likeness (QED) is 0.0620. The third-order valence-corrected chi connectivity index (χ3v) is 6.67. The number of nitrogens with zero attached hydrogens (tertiary/aromatic N) is 2. The molecule has 0 aliphatic heterocycles. The summed E-state index contributed by atoms with van der Waals surface area (Å²) in [5, 5.41) is 12.7. The van der Waals surface area contributed by atoms with E-state index >= 15 is 0 Å². The Morgan fingerprint density at radius 3 is 2.05 bits per heavy atom. The van der Waals surface area contributed by atoms with Gasteiger partial charge in [-0.3, -0.25) is 14.8 Å². The normalized spacial score (nSPS) is 10.7.